The van der Waals surface area contributed by atoms with Gasteiger partial charge in [-0.3, -0.25) is 0 Å². The van der Waals surface area contributed by atoms with Gasteiger partial charge in [-0.1, -0.05) is 6.92 Å². The summed E-state index contributed by atoms with van der Waals surface area (Å²) in [6.45, 7) is 0.689. The summed E-state index contributed by atoms with van der Waals surface area (Å²) in [5.41, 5.74) is -4.31. The maximum atomic E-state index is 12.9. The zero-order valence-electron chi connectivity index (χ0n) is 12.1. The molecule has 10 heteroatoms. The Kier molecular flexibility index (Phi) is 5.39. The van der Waals surface area contributed by atoms with Crippen LogP contribution in [0.2, 0.25) is 0 Å². The normalized spacial score (nSPS) is 12.7. The van der Waals surface area contributed by atoms with E-state index in [1.165, 1.54) is 31.4 Å². The number of ether oxygens (including phenoxy) is 1. The molecule has 2 N–H and O–H groups in total. The molecule has 0 radical (unpaired) electrons. The highest BCUT2D eigenvalue weighted by Crippen LogP contribution is 2.45. The first-order valence-corrected chi connectivity index (χ1v) is 6.33. The number of urea groups is 1. The van der Waals surface area contributed by atoms with E-state index in [2.05, 4.69) is 0 Å². The largest absolute Gasteiger partial charge is 0.497 e. The van der Waals surface area contributed by atoms with E-state index in [4.69, 9.17) is 4.74 Å². The molecule has 0 bridgehead atoms. The number of amides is 2. The van der Waals surface area contributed by atoms with E-state index in [1.54, 1.807) is 0 Å². The summed E-state index contributed by atoms with van der Waals surface area (Å²) in [5.74, 6) is 0.407. The van der Waals surface area contributed by atoms with Crippen LogP contribution < -0.4 is 15.4 Å². The lowest BCUT2D eigenvalue weighted by atomic mass is 9.94. The van der Waals surface area contributed by atoms with E-state index < -0.39 is 30.3 Å². The number of nitrogens with one attached hydrogen (secondary N) is 2. The Bertz CT molecular complexity index is 525. The van der Waals surface area contributed by atoms with Crippen LogP contribution >= 0.6 is 0 Å². The molecule has 1 aromatic carbocycles. The molecule has 0 aliphatic heterocycles. The molecule has 0 aromatic heterocycles. The van der Waals surface area contributed by atoms with Crippen molar-refractivity contribution in [2.45, 2.75) is 31.2 Å². The van der Waals surface area contributed by atoms with Gasteiger partial charge < -0.3 is 15.4 Å². The minimum absolute atomic E-state index is 0.0117. The first-order valence-electron chi connectivity index (χ1n) is 6.33. The molecule has 0 spiro atoms. The van der Waals surface area contributed by atoms with E-state index in [-0.39, 0.29) is 5.69 Å². The molecule has 0 aliphatic carbocycles. The Morgan fingerprint density at radius 3 is 1.87 bits per heavy atom. The lowest BCUT2D eigenvalue weighted by Gasteiger charge is -2.37. The number of carbonyl (C=O) groups is 1. The Morgan fingerprint density at radius 2 is 1.52 bits per heavy atom. The highest BCUT2D eigenvalue weighted by Gasteiger charge is 2.70. The maximum absolute atomic E-state index is 12.9. The quantitative estimate of drug-likeness (QED) is 0.809. The van der Waals surface area contributed by atoms with E-state index in [0.717, 1.165) is 5.32 Å². The SMILES string of the molecule is CCC(NC(=O)Nc1ccc(OC)cc1)(C(F)(F)F)C(F)(F)F. The highest BCUT2D eigenvalue weighted by atomic mass is 19.4. The third kappa shape index (κ3) is 3.99. The zero-order valence-corrected chi connectivity index (χ0v) is 12.1. The second-order valence-corrected chi connectivity index (χ2v) is 4.56. The average molecular weight is 344 g/mol. The smallest absolute Gasteiger partial charge is 0.420 e. The molecule has 0 atom stereocenters. The van der Waals surface area contributed by atoms with Gasteiger partial charge >= 0.3 is 18.4 Å². The highest BCUT2D eigenvalue weighted by molar-refractivity contribution is 5.90. The van der Waals surface area contributed by atoms with Crippen LogP contribution in [0.5, 0.6) is 5.75 Å². The Hall–Kier alpha value is -2.13. The second-order valence-electron chi connectivity index (χ2n) is 4.56. The summed E-state index contributed by atoms with van der Waals surface area (Å²) < 4.78 is 82.2. The third-order valence-corrected chi connectivity index (χ3v) is 3.17. The van der Waals surface area contributed by atoms with Gasteiger partial charge in [-0.15, -0.1) is 0 Å². The standard InChI is InChI=1S/C13H14F6N2O2/c1-3-11(12(14,15)16,13(17,18)19)21-10(22)20-8-4-6-9(23-2)7-5-8/h4-7H,3H2,1-2H3,(H2,20,21,22). The van der Waals surface area contributed by atoms with Crippen LogP contribution in [0.3, 0.4) is 0 Å². The minimum Gasteiger partial charge on any atom is -0.497 e. The molecule has 4 nitrogen and oxygen atoms in total. The van der Waals surface area contributed by atoms with Crippen molar-refractivity contribution in [1.29, 1.82) is 0 Å². The van der Waals surface area contributed by atoms with Crippen molar-refractivity contribution in [2.24, 2.45) is 0 Å². The first-order chi connectivity index (χ1) is 10.5. The summed E-state index contributed by atoms with van der Waals surface area (Å²) >= 11 is 0. The molecular weight excluding hydrogens is 330 g/mol. The van der Waals surface area contributed by atoms with Crippen LogP contribution in [0, 0.1) is 0 Å². The zero-order chi connectivity index (χ0) is 17.9. The topological polar surface area (TPSA) is 50.4 Å². The molecule has 0 saturated carbocycles. The lowest BCUT2D eigenvalue weighted by molar-refractivity contribution is -0.304. The molecule has 0 saturated heterocycles. The van der Waals surface area contributed by atoms with Gasteiger partial charge in [-0.25, -0.2) is 4.79 Å². The van der Waals surface area contributed by atoms with Gasteiger partial charge in [0, 0.05) is 5.69 Å². The number of alkyl halides is 6. The third-order valence-electron chi connectivity index (χ3n) is 3.17. The number of hydrogen-bond donors (Lipinski definition) is 2. The van der Waals surface area contributed by atoms with Crippen molar-refractivity contribution in [3.63, 3.8) is 0 Å². The van der Waals surface area contributed by atoms with Crippen LogP contribution in [-0.2, 0) is 0 Å². The fourth-order valence-corrected chi connectivity index (χ4v) is 1.82. The van der Waals surface area contributed by atoms with Gasteiger partial charge in [-0.05, 0) is 30.7 Å². The number of hydrogen-bond acceptors (Lipinski definition) is 2. The molecule has 0 heterocycles. The van der Waals surface area contributed by atoms with Crippen LogP contribution in [0.1, 0.15) is 13.3 Å². The average Bonchev–Trinajstić information content (AvgIpc) is 2.42. The molecule has 2 amide bonds. The molecule has 23 heavy (non-hydrogen) atoms. The van der Waals surface area contributed by atoms with Crippen molar-refractivity contribution < 1.29 is 35.9 Å². The lowest BCUT2D eigenvalue weighted by Crippen LogP contribution is -2.67. The van der Waals surface area contributed by atoms with Gasteiger partial charge in [0.25, 0.3) is 0 Å². The predicted octanol–water partition coefficient (Wildman–Crippen LogP) is 4.09. The number of halogens is 6. The van der Waals surface area contributed by atoms with Crippen LogP contribution in [0.15, 0.2) is 24.3 Å². The molecule has 0 fully saturated rings. The van der Waals surface area contributed by atoms with Crippen molar-refractivity contribution >= 4 is 11.7 Å². The Morgan fingerprint density at radius 1 is 1.04 bits per heavy atom. The fourth-order valence-electron chi connectivity index (χ4n) is 1.82. The minimum atomic E-state index is -5.70. The number of rotatable bonds is 4. The van der Waals surface area contributed by atoms with E-state index in [9.17, 15) is 31.1 Å². The summed E-state index contributed by atoms with van der Waals surface area (Å²) in [7, 11) is 1.37. The molecule has 0 aliphatic rings. The second kappa shape index (κ2) is 6.55. The predicted molar refractivity (Wildman–Crippen MR) is 70.3 cm³/mol. The van der Waals surface area contributed by atoms with Crippen LogP contribution in [0.4, 0.5) is 36.8 Å². The summed E-state index contributed by atoms with van der Waals surface area (Å²) in [6.07, 6.45) is -12.8. The van der Waals surface area contributed by atoms with E-state index >= 15 is 0 Å². The molecule has 1 aromatic rings. The number of carbonyl (C=O) groups excluding carboxylic acids is 1. The fraction of sp³-hybridized carbons (Fsp3) is 0.462. The van der Waals surface area contributed by atoms with Crippen LogP contribution in [-0.4, -0.2) is 31.0 Å². The summed E-state index contributed by atoms with van der Waals surface area (Å²) in [4.78, 5) is 11.6. The monoisotopic (exact) mass is 344 g/mol. The van der Waals surface area contributed by atoms with Gasteiger partial charge in [0.2, 0.25) is 5.54 Å². The summed E-state index contributed by atoms with van der Waals surface area (Å²) in [5, 5.41) is 2.93. The van der Waals surface area contributed by atoms with Gasteiger partial charge in [-0.2, -0.15) is 26.3 Å². The number of anilines is 1. The number of benzene rings is 1. The molecule has 130 valence electrons. The first kappa shape index (κ1) is 18.9. The summed E-state index contributed by atoms with van der Waals surface area (Å²) in [6, 6.07) is 3.69. The Labute approximate surface area is 127 Å². The van der Waals surface area contributed by atoms with Gasteiger partial charge in [0.05, 0.1) is 7.11 Å². The van der Waals surface area contributed by atoms with Crippen molar-refractivity contribution in [1.82, 2.24) is 5.32 Å². The van der Waals surface area contributed by atoms with Crippen molar-refractivity contribution in [2.75, 3.05) is 12.4 Å². The molecule has 1 rings (SSSR count). The van der Waals surface area contributed by atoms with Gasteiger partial charge in [0.1, 0.15) is 5.75 Å². The van der Waals surface area contributed by atoms with Crippen molar-refractivity contribution in [3.8, 4) is 5.75 Å². The van der Waals surface area contributed by atoms with Crippen LogP contribution in [0.25, 0.3) is 0 Å². The maximum Gasteiger partial charge on any atom is 0.420 e. The molecular formula is C13H14F6N2O2. The molecule has 0 unspecified atom stereocenters. The van der Waals surface area contributed by atoms with E-state index in [0.29, 0.717) is 12.7 Å². The number of methoxy groups -OCH3 is 1. The Balaban J connectivity index is 2.97. The van der Waals surface area contributed by atoms with E-state index in [1.807, 2.05) is 5.32 Å². The van der Waals surface area contributed by atoms with Gasteiger partial charge in [0.15, 0.2) is 0 Å². The van der Waals surface area contributed by atoms with Crippen molar-refractivity contribution in [3.05, 3.63) is 24.3 Å².